The number of nitrogens with one attached hydrogen (secondary N) is 1. The van der Waals surface area contributed by atoms with E-state index in [1.165, 1.54) is 23.9 Å². The highest BCUT2D eigenvalue weighted by atomic mass is 32.2. The zero-order valence-corrected chi connectivity index (χ0v) is 14.9. The lowest BCUT2D eigenvalue weighted by Crippen LogP contribution is -2.31. The van der Waals surface area contributed by atoms with E-state index in [0.717, 1.165) is 16.7 Å². The zero-order chi connectivity index (χ0) is 18.0. The summed E-state index contributed by atoms with van der Waals surface area (Å²) in [6.45, 7) is 4.27. The Morgan fingerprint density at radius 1 is 1.20 bits per heavy atom. The lowest BCUT2D eigenvalue weighted by Gasteiger charge is -2.19. The first-order valence-electron chi connectivity index (χ1n) is 8.05. The first-order valence-corrected chi connectivity index (χ1v) is 8.87. The molecule has 2 aromatic rings. The number of aliphatic imine (C=N–C) groups is 1. The van der Waals surface area contributed by atoms with E-state index in [4.69, 9.17) is 5.73 Å². The Bertz CT molecular complexity index is 804. The van der Waals surface area contributed by atoms with E-state index in [1.54, 1.807) is 12.1 Å². The van der Waals surface area contributed by atoms with Crippen LogP contribution in [0.5, 0.6) is 0 Å². The van der Waals surface area contributed by atoms with Crippen LogP contribution in [-0.2, 0) is 16.1 Å². The van der Waals surface area contributed by atoms with Crippen molar-refractivity contribution in [3.8, 4) is 0 Å². The number of hydrogen-bond donors (Lipinski definition) is 2. The van der Waals surface area contributed by atoms with Gasteiger partial charge >= 0.3 is 0 Å². The summed E-state index contributed by atoms with van der Waals surface area (Å²) in [5.41, 5.74) is 8.45. The van der Waals surface area contributed by atoms with Gasteiger partial charge in [0.1, 0.15) is 10.6 Å². The van der Waals surface area contributed by atoms with E-state index in [9.17, 15) is 9.18 Å². The lowest BCUT2D eigenvalue weighted by atomic mass is 9.98. The van der Waals surface area contributed by atoms with Crippen LogP contribution >= 0.6 is 11.8 Å². The summed E-state index contributed by atoms with van der Waals surface area (Å²) in [6.07, 6.45) is 0. The van der Waals surface area contributed by atoms with Crippen molar-refractivity contribution in [1.82, 2.24) is 5.32 Å². The summed E-state index contributed by atoms with van der Waals surface area (Å²) < 4.78 is 12.3. The molecule has 1 saturated heterocycles. The smallest absolute Gasteiger partial charge is 0.246 e. The Morgan fingerprint density at radius 2 is 1.84 bits per heavy atom. The molecular weight excluding hydrogens is 337 g/mol. The third kappa shape index (κ3) is 3.60. The van der Waals surface area contributed by atoms with Gasteiger partial charge in [0.25, 0.3) is 0 Å². The van der Waals surface area contributed by atoms with Gasteiger partial charge in [-0.15, -0.1) is 0 Å². The first-order chi connectivity index (χ1) is 11.9. The van der Waals surface area contributed by atoms with Crippen LogP contribution in [0.4, 0.5) is 4.39 Å². The predicted octanol–water partition coefficient (Wildman–Crippen LogP) is 3.48. The second-order valence-electron chi connectivity index (χ2n) is 6.15. The van der Waals surface area contributed by atoms with E-state index in [-0.39, 0.29) is 17.8 Å². The molecule has 0 saturated carbocycles. The monoisotopic (exact) mass is 357 g/mol. The number of amidine groups is 1. The van der Waals surface area contributed by atoms with Crippen molar-refractivity contribution in [2.75, 3.05) is 0 Å². The van der Waals surface area contributed by atoms with Crippen molar-refractivity contribution in [2.24, 2.45) is 10.7 Å². The third-order valence-electron chi connectivity index (χ3n) is 4.36. The minimum absolute atomic E-state index is 0.0944. The topological polar surface area (TPSA) is 67.5 Å². The minimum Gasteiger partial charge on any atom is -0.326 e. The van der Waals surface area contributed by atoms with Crippen LogP contribution in [0, 0.1) is 5.82 Å². The highest BCUT2D eigenvalue weighted by Crippen LogP contribution is 2.41. The van der Waals surface area contributed by atoms with Crippen molar-refractivity contribution in [3.63, 3.8) is 0 Å². The van der Waals surface area contributed by atoms with Gasteiger partial charge in [-0.25, -0.2) is 4.39 Å². The molecule has 3 rings (SSSR count). The summed E-state index contributed by atoms with van der Waals surface area (Å²) in [4.78, 5) is 17.1. The highest BCUT2D eigenvalue weighted by molar-refractivity contribution is 8.15. The quantitative estimate of drug-likeness (QED) is 0.880. The molecule has 130 valence electrons. The molecule has 0 aliphatic carbocycles. The molecule has 6 heteroatoms. The predicted molar refractivity (Wildman–Crippen MR) is 99.7 cm³/mol. The molecule has 1 unspecified atom stereocenters. The van der Waals surface area contributed by atoms with Crippen LogP contribution in [0.2, 0.25) is 0 Å². The van der Waals surface area contributed by atoms with Gasteiger partial charge in [-0.2, -0.15) is 0 Å². The van der Waals surface area contributed by atoms with Crippen LogP contribution < -0.4 is 11.1 Å². The third-order valence-corrected chi connectivity index (χ3v) is 5.59. The number of carbonyl (C=O) groups is 1. The van der Waals surface area contributed by atoms with Gasteiger partial charge in [0.05, 0.1) is 6.04 Å². The molecule has 1 amide bonds. The van der Waals surface area contributed by atoms with Crippen LogP contribution in [-0.4, -0.2) is 11.1 Å². The van der Waals surface area contributed by atoms with Crippen molar-refractivity contribution in [3.05, 3.63) is 71.0 Å². The number of halogens is 1. The molecule has 1 aliphatic rings. The second kappa shape index (κ2) is 6.98. The van der Waals surface area contributed by atoms with Gasteiger partial charge in [0, 0.05) is 6.54 Å². The van der Waals surface area contributed by atoms with Crippen molar-refractivity contribution in [2.45, 2.75) is 31.2 Å². The van der Waals surface area contributed by atoms with E-state index in [1.807, 2.05) is 38.1 Å². The molecule has 1 fully saturated rings. The molecular formula is C19H20FN3OS. The Hall–Kier alpha value is -2.18. The van der Waals surface area contributed by atoms with E-state index in [0.29, 0.717) is 11.7 Å². The molecule has 0 radical (unpaired) electrons. The first kappa shape index (κ1) is 17.6. The molecule has 1 heterocycles. The van der Waals surface area contributed by atoms with Crippen LogP contribution in [0.3, 0.4) is 0 Å². The van der Waals surface area contributed by atoms with Crippen molar-refractivity contribution >= 4 is 22.8 Å². The van der Waals surface area contributed by atoms with Crippen LogP contribution in [0.15, 0.2) is 53.5 Å². The van der Waals surface area contributed by atoms with Gasteiger partial charge in [-0.1, -0.05) is 48.2 Å². The maximum atomic E-state index is 13.0. The Morgan fingerprint density at radius 3 is 2.44 bits per heavy atom. The number of carbonyl (C=O) groups excluding carboxylic acids is 1. The van der Waals surface area contributed by atoms with Gasteiger partial charge in [0.15, 0.2) is 5.17 Å². The summed E-state index contributed by atoms with van der Waals surface area (Å²) in [5.74, 6) is -0.372. The fourth-order valence-electron chi connectivity index (χ4n) is 2.68. The second-order valence-corrected chi connectivity index (χ2v) is 7.56. The van der Waals surface area contributed by atoms with Crippen molar-refractivity contribution < 1.29 is 9.18 Å². The van der Waals surface area contributed by atoms with E-state index < -0.39 is 4.75 Å². The molecule has 2 aromatic carbocycles. The standard InChI is InChI=1S/C19H20FN3OS/c1-12(14-5-9-16(20)10-6-14)22-18-23-17(24)19(2,25-18)15-7-3-13(11-21)4-8-15/h3-10,12H,11,21H2,1-2H3,(H,22,23,24)/t12-,19?/m0/s1. The number of thioether (sulfide) groups is 1. The number of rotatable bonds is 4. The average molecular weight is 357 g/mol. The van der Waals surface area contributed by atoms with Gasteiger partial charge < -0.3 is 11.1 Å². The lowest BCUT2D eigenvalue weighted by molar-refractivity contribution is -0.121. The van der Waals surface area contributed by atoms with E-state index in [2.05, 4.69) is 10.3 Å². The number of benzene rings is 2. The largest absolute Gasteiger partial charge is 0.326 e. The molecule has 4 nitrogen and oxygen atoms in total. The maximum absolute atomic E-state index is 13.0. The summed E-state index contributed by atoms with van der Waals surface area (Å²) >= 11 is 1.40. The summed E-state index contributed by atoms with van der Waals surface area (Å²) in [7, 11) is 0. The van der Waals surface area contributed by atoms with Crippen LogP contribution in [0.1, 0.15) is 36.6 Å². The number of amides is 1. The molecule has 0 spiro atoms. The Kier molecular flexibility index (Phi) is 4.92. The number of hydrogen-bond acceptors (Lipinski definition) is 4. The SMILES string of the molecule is C[C@H](N=C1NC(=O)C(C)(c2ccc(CN)cc2)S1)c1ccc(F)cc1. The molecule has 3 N–H and O–H groups in total. The Balaban J connectivity index is 1.81. The fourth-order valence-corrected chi connectivity index (χ4v) is 3.82. The zero-order valence-electron chi connectivity index (χ0n) is 14.1. The molecule has 0 bridgehead atoms. The van der Waals surface area contributed by atoms with Gasteiger partial charge in [0.2, 0.25) is 5.91 Å². The van der Waals surface area contributed by atoms with Crippen LogP contribution in [0.25, 0.3) is 0 Å². The normalized spacial score (nSPS) is 22.9. The Labute approximate surface area is 150 Å². The number of nitrogens with zero attached hydrogens (tertiary/aromatic N) is 1. The van der Waals surface area contributed by atoms with Crippen molar-refractivity contribution in [1.29, 1.82) is 0 Å². The van der Waals surface area contributed by atoms with Gasteiger partial charge in [-0.05, 0) is 42.7 Å². The molecule has 0 aromatic heterocycles. The summed E-state index contributed by atoms with van der Waals surface area (Å²) in [6, 6.07) is 13.8. The summed E-state index contributed by atoms with van der Waals surface area (Å²) in [5, 5.41) is 3.43. The number of nitrogens with two attached hydrogens (primary N) is 1. The minimum atomic E-state index is -0.728. The average Bonchev–Trinajstić information content (AvgIpc) is 2.90. The van der Waals surface area contributed by atoms with Gasteiger partial charge in [-0.3, -0.25) is 9.79 Å². The highest BCUT2D eigenvalue weighted by Gasteiger charge is 2.44. The molecule has 1 aliphatic heterocycles. The van der Waals surface area contributed by atoms with E-state index >= 15 is 0 Å². The molecule has 25 heavy (non-hydrogen) atoms. The maximum Gasteiger partial charge on any atom is 0.246 e. The fraction of sp³-hybridized carbons (Fsp3) is 0.263. The molecule has 2 atom stereocenters.